The first-order chi connectivity index (χ1) is 8.69. The van der Waals surface area contributed by atoms with Gasteiger partial charge in [0.1, 0.15) is 18.0 Å². The van der Waals surface area contributed by atoms with E-state index < -0.39 is 0 Å². The van der Waals surface area contributed by atoms with Crippen LogP contribution in [0.3, 0.4) is 0 Å². The molecule has 0 bridgehead atoms. The maximum Gasteiger partial charge on any atom is 0.329 e. The Bertz CT molecular complexity index is 405. The number of methoxy groups -OCH3 is 1. The molecule has 18 heavy (non-hydrogen) atoms. The van der Waals surface area contributed by atoms with Gasteiger partial charge in [0.05, 0.1) is 0 Å². The van der Waals surface area contributed by atoms with Crippen molar-refractivity contribution in [1.82, 2.24) is 9.78 Å². The van der Waals surface area contributed by atoms with Gasteiger partial charge in [0.2, 0.25) is 0 Å². The van der Waals surface area contributed by atoms with Gasteiger partial charge in [-0.2, -0.15) is 5.10 Å². The highest BCUT2D eigenvalue weighted by molar-refractivity contribution is 5.80. The largest absolute Gasteiger partial charge is 0.461 e. The third-order valence-corrected chi connectivity index (χ3v) is 2.87. The Morgan fingerprint density at radius 2 is 2.50 bits per heavy atom. The molecule has 0 aromatic carbocycles. The Balaban J connectivity index is 1.84. The summed E-state index contributed by atoms with van der Waals surface area (Å²) in [4.78, 5) is 11.5. The smallest absolute Gasteiger partial charge is 0.329 e. The van der Waals surface area contributed by atoms with Crippen molar-refractivity contribution in [2.24, 2.45) is 0 Å². The molecule has 0 radical (unpaired) electrons. The van der Waals surface area contributed by atoms with Gasteiger partial charge in [-0.3, -0.25) is 4.68 Å². The number of ether oxygens (including phenoxy) is 2. The highest BCUT2D eigenvalue weighted by Gasteiger charge is 2.31. The van der Waals surface area contributed by atoms with Crippen LogP contribution in [-0.2, 0) is 20.8 Å². The maximum absolute atomic E-state index is 11.5. The number of carbonyl (C=O) groups is 1. The molecule has 1 fully saturated rings. The molecule has 2 heterocycles. The minimum absolute atomic E-state index is 0.0150. The SMILES string of the molecule is COCCCn1ccc(N[C@H]2C[C@@H](C)OC2=O)n1. The summed E-state index contributed by atoms with van der Waals surface area (Å²) in [6, 6.07) is 1.59. The van der Waals surface area contributed by atoms with Crippen LogP contribution in [0, 0.1) is 0 Å². The number of aryl methyl sites for hydroxylation is 1. The lowest BCUT2D eigenvalue weighted by Gasteiger charge is -2.06. The average Bonchev–Trinajstić information content (AvgIpc) is 2.88. The van der Waals surface area contributed by atoms with E-state index in [-0.39, 0.29) is 18.1 Å². The van der Waals surface area contributed by atoms with Crippen LogP contribution in [0.5, 0.6) is 0 Å². The monoisotopic (exact) mass is 253 g/mol. The molecule has 0 aliphatic carbocycles. The Hall–Kier alpha value is -1.56. The van der Waals surface area contributed by atoms with Gasteiger partial charge < -0.3 is 14.8 Å². The fraction of sp³-hybridized carbons (Fsp3) is 0.667. The molecule has 0 saturated carbocycles. The zero-order valence-electron chi connectivity index (χ0n) is 10.8. The number of esters is 1. The molecule has 1 saturated heterocycles. The summed E-state index contributed by atoms with van der Waals surface area (Å²) in [5, 5.41) is 7.44. The minimum Gasteiger partial charge on any atom is -0.461 e. The van der Waals surface area contributed by atoms with E-state index in [1.165, 1.54) is 0 Å². The molecule has 6 nitrogen and oxygen atoms in total. The summed E-state index contributed by atoms with van der Waals surface area (Å²) < 4.78 is 11.9. The zero-order chi connectivity index (χ0) is 13.0. The highest BCUT2D eigenvalue weighted by Crippen LogP contribution is 2.18. The van der Waals surface area contributed by atoms with Crippen LogP contribution in [0.4, 0.5) is 5.82 Å². The van der Waals surface area contributed by atoms with Crippen LogP contribution in [0.1, 0.15) is 19.8 Å². The second-order valence-electron chi connectivity index (χ2n) is 4.49. The summed E-state index contributed by atoms with van der Waals surface area (Å²) in [6.07, 6.45) is 3.48. The normalized spacial score (nSPS) is 23.1. The van der Waals surface area contributed by atoms with E-state index in [0.29, 0.717) is 12.2 Å². The average molecular weight is 253 g/mol. The van der Waals surface area contributed by atoms with Crippen molar-refractivity contribution in [1.29, 1.82) is 0 Å². The molecule has 100 valence electrons. The Morgan fingerprint density at radius 3 is 3.17 bits per heavy atom. The molecule has 0 unspecified atom stereocenters. The van der Waals surface area contributed by atoms with Crippen LogP contribution in [-0.4, -0.2) is 41.6 Å². The standard InChI is InChI=1S/C12H19N3O3/c1-9-8-10(12(16)18-9)13-11-4-6-15(14-11)5-3-7-17-2/h4,6,9-10H,3,5,7-8H2,1-2H3,(H,13,14)/t9-,10+/m1/s1. The lowest BCUT2D eigenvalue weighted by molar-refractivity contribution is -0.141. The van der Waals surface area contributed by atoms with Crippen LogP contribution >= 0.6 is 0 Å². The number of hydrogen-bond donors (Lipinski definition) is 1. The fourth-order valence-electron chi connectivity index (χ4n) is 1.99. The minimum atomic E-state index is -0.276. The molecular formula is C12H19N3O3. The van der Waals surface area contributed by atoms with Gasteiger partial charge in [0.15, 0.2) is 0 Å². The molecule has 2 rings (SSSR count). The molecule has 0 spiro atoms. The Morgan fingerprint density at radius 1 is 1.67 bits per heavy atom. The number of hydrogen-bond acceptors (Lipinski definition) is 5. The lowest BCUT2D eigenvalue weighted by atomic mass is 10.2. The van der Waals surface area contributed by atoms with Gasteiger partial charge in [0.25, 0.3) is 0 Å². The summed E-state index contributed by atoms with van der Waals surface area (Å²) >= 11 is 0. The topological polar surface area (TPSA) is 65.4 Å². The van der Waals surface area contributed by atoms with Gasteiger partial charge in [-0.05, 0) is 13.3 Å². The number of nitrogens with zero attached hydrogens (tertiary/aromatic N) is 2. The van der Waals surface area contributed by atoms with Crippen molar-refractivity contribution < 1.29 is 14.3 Å². The predicted molar refractivity (Wildman–Crippen MR) is 66.3 cm³/mol. The van der Waals surface area contributed by atoms with Crippen LogP contribution in [0.15, 0.2) is 12.3 Å². The molecule has 6 heteroatoms. The molecule has 1 aromatic heterocycles. The molecule has 1 N–H and O–H groups in total. The first-order valence-electron chi connectivity index (χ1n) is 6.18. The Kier molecular flexibility index (Phi) is 4.19. The lowest BCUT2D eigenvalue weighted by Crippen LogP contribution is -2.24. The summed E-state index contributed by atoms with van der Waals surface area (Å²) in [7, 11) is 1.68. The quantitative estimate of drug-likeness (QED) is 0.606. The van der Waals surface area contributed by atoms with Crippen LogP contribution < -0.4 is 5.32 Å². The molecule has 1 aliphatic heterocycles. The van der Waals surface area contributed by atoms with Crippen molar-refractivity contribution >= 4 is 11.8 Å². The van der Waals surface area contributed by atoms with E-state index in [0.717, 1.165) is 19.6 Å². The summed E-state index contributed by atoms with van der Waals surface area (Å²) in [5.41, 5.74) is 0. The molecule has 0 amide bonds. The predicted octanol–water partition coefficient (Wildman–Crippen LogP) is 1.04. The van der Waals surface area contributed by atoms with E-state index in [2.05, 4.69) is 10.4 Å². The van der Waals surface area contributed by atoms with Gasteiger partial charge in [-0.15, -0.1) is 0 Å². The van der Waals surface area contributed by atoms with E-state index in [1.807, 2.05) is 23.9 Å². The zero-order valence-corrected chi connectivity index (χ0v) is 10.8. The van der Waals surface area contributed by atoms with E-state index >= 15 is 0 Å². The number of aromatic nitrogens is 2. The van der Waals surface area contributed by atoms with E-state index in [1.54, 1.807) is 7.11 Å². The number of cyclic esters (lactones) is 1. The Labute approximate surface area is 106 Å². The first kappa shape index (κ1) is 12.9. The molecule has 2 atom stereocenters. The van der Waals surface area contributed by atoms with Crippen molar-refractivity contribution in [3.05, 3.63) is 12.3 Å². The van der Waals surface area contributed by atoms with Gasteiger partial charge in [-0.25, -0.2) is 4.79 Å². The van der Waals surface area contributed by atoms with Gasteiger partial charge >= 0.3 is 5.97 Å². The number of nitrogens with one attached hydrogen (secondary N) is 1. The van der Waals surface area contributed by atoms with E-state index in [4.69, 9.17) is 9.47 Å². The third-order valence-electron chi connectivity index (χ3n) is 2.87. The van der Waals surface area contributed by atoms with E-state index in [9.17, 15) is 4.79 Å². The first-order valence-corrected chi connectivity index (χ1v) is 6.18. The van der Waals surface area contributed by atoms with Crippen molar-refractivity contribution in [2.45, 2.75) is 38.5 Å². The fourth-order valence-corrected chi connectivity index (χ4v) is 1.99. The summed E-state index contributed by atoms with van der Waals surface area (Å²) in [5.74, 6) is 0.514. The van der Waals surface area contributed by atoms with Crippen LogP contribution in [0.25, 0.3) is 0 Å². The molecule has 1 aromatic rings. The van der Waals surface area contributed by atoms with Crippen molar-refractivity contribution in [3.63, 3.8) is 0 Å². The van der Waals surface area contributed by atoms with Crippen molar-refractivity contribution in [2.75, 3.05) is 19.0 Å². The third kappa shape index (κ3) is 3.22. The second-order valence-corrected chi connectivity index (χ2v) is 4.49. The second kappa shape index (κ2) is 5.86. The number of rotatable bonds is 6. The highest BCUT2D eigenvalue weighted by atomic mass is 16.6. The van der Waals surface area contributed by atoms with Gasteiger partial charge in [0, 0.05) is 38.9 Å². The van der Waals surface area contributed by atoms with Crippen LogP contribution in [0.2, 0.25) is 0 Å². The number of carbonyl (C=O) groups excluding carboxylic acids is 1. The van der Waals surface area contributed by atoms with Crippen molar-refractivity contribution in [3.8, 4) is 0 Å². The van der Waals surface area contributed by atoms with Gasteiger partial charge in [-0.1, -0.05) is 0 Å². The number of anilines is 1. The molecular weight excluding hydrogens is 234 g/mol. The summed E-state index contributed by atoms with van der Waals surface area (Å²) in [6.45, 7) is 3.42. The maximum atomic E-state index is 11.5. The molecule has 1 aliphatic rings.